The highest BCUT2D eigenvalue weighted by molar-refractivity contribution is 5.89. The fourth-order valence-electron chi connectivity index (χ4n) is 4.19. The minimum Gasteiger partial charge on any atom is -0.463 e. The summed E-state index contributed by atoms with van der Waals surface area (Å²) in [5.41, 5.74) is 0.102. The van der Waals surface area contributed by atoms with Crippen molar-refractivity contribution in [3.8, 4) is 0 Å². The van der Waals surface area contributed by atoms with Crippen molar-refractivity contribution in [1.29, 1.82) is 0 Å². The fourth-order valence-corrected chi connectivity index (χ4v) is 4.19. The van der Waals surface area contributed by atoms with Crippen molar-refractivity contribution in [3.63, 3.8) is 0 Å². The Balaban J connectivity index is 2.04. The lowest BCUT2D eigenvalue weighted by atomic mass is 9.95. The van der Waals surface area contributed by atoms with Gasteiger partial charge < -0.3 is 25.2 Å². The van der Waals surface area contributed by atoms with E-state index in [0.717, 1.165) is 18.4 Å². The van der Waals surface area contributed by atoms with E-state index in [2.05, 4.69) is 23.8 Å². The second kappa shape index (κ2) is 15.6. The number of nitrogens with one attached hydrogen (secondary N) is 2. The fraction of sp³-hybridized carbons (Fsp3) is 0.500. The Morgan fingerprint density at radius 1 is 1.05 bits per heavy atom. The molecule has 1 saturated carbocycles. The lowest BCUT2D eigenvalue weighted by Gasteiger charge is -2.29. The zero-order chi connectivity index (χ0) is 27.1. The molecule has 2 unspecified atom stereocenters. The highest BCUT2D eigenvalue weighted by Crippen LogP contribution is 2.29. The number of esters is 2. The highest BCUT2D eigenvalue weighted by Gasteiger charge is 2.36. The zero-order valence-electron chi connectivity index (χ0n) is 21.3. The lowest BCUT2D eigenvalue weighted by Crippen LogP contribution is -2.51. The Morgan fingerprint density at radius 3 is 2.38 bits per heavy atom. The van der Waals surface area contributed by atoms with E-state index in [1.165, 1.54) is 6.08 Å². The maximum Gasteiger partial charge on any atom is 0.332 e. The predicted molar refractivity (Wildman–Crippen MR) is 138 cm³/mol. The number of benzene rings is 1. The minimum absolute atomic E-state index is 0.0157. The number of rotatable bonds is 16. The van der Waals surface area contributed by atoms with Gasteiger partial charge in [0.05, 0.1) is 18.1 Å². The standard InChI is InChI=1S/C28H38N2O7/c1-3-5-14-25(33)36-19-23(27(35)37-18-21-12-7-6-8-13-21)29-26(34)22(11-4-2)17-24(32)30-28(20-31)15-9-10-16-28/h3-4,6-8,12-13,22-23,31H,1-2,5,9-11,14-20H2,(H,29,34)(H,30,32). The molecule has 1 aromatic carbocycles. The first-order valence-electron chi connectivity index (χ1n) is 12.6. The summed E-state index contributed by atoms with van der Waals surface area (Å²) in [7, 11) is 0. The average molecular weight is 515 g/mol. The molecule has 2 rings (SSSR count). The van der Waals surface area contributed by atoms with Gasteiger partial charge in [0.25, 0.3) is 0 Å². The summed E-state index contributed by atoms with van der Waals surface area (Å²) < 4.78 is 10.5. The van der Waals surface area contributed by atoms with Crippen LogP contribution in [0, 0.1) is 5.92 Å². The smallest absolute Gasteiger partial charge is 0.332 e. The van der Waals surface area contributed by atoms with Crippen molar-refractivity contribution in [2.75, 3.05) is 13.2 Å². The number of allylic oxidation sites excluding steroid dienone is 2. The second-order valence-corrected chi connectivity index (χ2v) is 9.28. The van der Waals surface area contributed by atoms with E-state index in [1.807, 2.05) is 6.07 Å². The lowest BCUT2D eigenvalue weighted by molar-refractivity contribution is -0.155. The predicted octanol–water partition coefficient (Wildman–Crippen LogP) is 2.73. The van der Waals surface area contributed by atoms with Crippen molar-refractivity contribution < 1.29 is 33.8 Å². The largest absolute Gasteiger partial charge is 0.463 e. The molecular formula is C28H38N2O7. The number of aliphatic hydroxyl groups excluding tert-OH is 1. The van der Waals surface area contributed by atoms with Gasteiger partial charge in [0.2, 0.25) is 11.8 Å². The normalized spacial score (nSPS) is 15.6. The first-order valence-corrected chi connectivity index (χ1v) is 12.6. The Labute approximate surface area is 218 Å². The van der Waals surface area contributed by atoms with E-state index < -0.39 is 42.0 Å². The molecular weight excluding hydrogens is 476 g/mol. The molecule has 1 aliphatic rings. The SMILES string of the molecule is C=CCCC(=O)OCC(NC(=O)C(CC=C)CC(=O)NC1(CO)CCCC1)C(=O)OCc1ccccc1. The first-order chi connectivity index (χ1) is 17.8. The van der Waals surface area contributed by atoms with Crippen LogP contribution in [0.25, 0.3) is 0 Å². The minimum atomic E-state index is -1.25. The van der Waals surface area contributed by atoms with Crippen molar-refractivity contribution >= 4 is 23.8 Å². The number of carbonyl (C=O) groups excluding carboxylic acids is 4. The molecule has 0 spiro atoms. The summed E-state index contributed by atoms with van der Waals surface area (Å²) in [5, 5.41) is 15.2. The summed E-state index contributed by atoms with van der Waals surface area (Å²) in [6.45, 7) is 6.64. The third-order valence-corrected chi connectivity index (χ3v) is 6.31. The van der Waals surface area contributed by atoms with E-state index >= 15 is 0 Å². The number of hydrogen-bond acceptors (Lipinski definition) is 7. The van der Waals surface area contributed by atoms with Crippen LogP contribution in [-0.4, -0.2) is 53.7 Å². The molecule has 2 atom stereocenters. The molecule has 0 radical (unpaired) electrons. The van der Waals surface area contributed by atoms with Gasteiger partial charge >= 0.3 is 11.9 Å². The van der Waals surface area contributed by atoms with Gasteiger partial charge in [-0.1, -0.05) is 55.3 Å². The molecule has 9 nitrogen and oxygen atoms in total. The summed E-state index contributed by atoms with van der Waals surface area (Å²) in [6.07, 6.45) is 6.83. The number of aliphatic hydroxyl groups is 1. The van der Waals surface area contributed by atoms with Crippen molar-refractivity contribution in [1.82, 2.24) is 10.6 Å². The van der Waals surface area contributed by atoms with Gasteiger partial charge in [-0.2, -0.15) is 0 Å². The molecule has 37 heavy (non-hydrogen) atoms. The van der Waals surface area contributed by atoms with Gasteiger partial charge in [-0.05, 0) is 31.2 Å². The summed E-state index contributed by atoms with van der Waals surface area (Å²) in [4.78, 5) is 50.7. The Kier molecular flexibility index (Phi) is 12.6. The van der Waals surface area contributed by atoms with E-state index in [1.54, 1.807) is 30.3 Å². The summed E-state index contributed by atoms with van der Waals surface area (Å²) in [5.74, 6) is -3.04. The molecule has 0 saturated heterocycles. The number of ether oxygens (including phenoxy) is 2. The third kappa shape index (κ3) is 10.2. The van der Waals surface area contributed by atoms with Gasteiger partial charge in [-0.3, -0.25) is 14.4 Å². The van der Waals surface area contributed by atoms with Crippen LogP contribution < -0.4 is 10.6 Å². The average Bonchev–Trinajstić information content (AvgIpc) is 3.37. The molecule has 0 aromatic heterocycles. The van der Waals surface area contributed by atoms with Crippen molar-refractivity contribution in [3.05, 3.63) is 61.2 Å². The monoisotopic (exact) mass is 514 g/mol. The van der Waals surface area contributed by atoms with E-state index in [4.69, 9.17) is 9.47 Å². The van der Waals surface area contributed by atoms with Crippen LogP contribution in [0.5, 0.6) is 0 Å². The topological polar surface area (TPSA) is 131 Å². The molecule has 0 aliphatic heterocycles. The molecule has 1 fully saturated rings. The van der Waals surface area contributed by atoms with Crippen LogP contribution >= 0.6 is 0 Å². The Hall–Kier alpha value is -3.46. The quantitative estimate of drug-likeness (QED) is 0.228. The van der Waals surface area contributed by atoms with E-state index in [-0.39, 0.29) is 38.4 Å². The van der Waals surface area contributed by atoms with Crippen LogP contribution in [0.2, 0.25) is 0 Å². The summed E-state index contributed by atoms with van der Waals surface area (Å²) >= 11 is 0. The van der Waals surface area contributed by atoms with Crippen LogP contribution in [0.15, 0.2) is 55.6 Å². The Morgan fingerprint density at radius 2 is 1.76 bits per heavy atom. The van der Waals surface area contributed by atoms with Crippen molar-refractivity contribution in [2.24, 2.45) is 5.92 Å². The van der Waals surface area contributed by atoms with Gasteiger partial charge in [0, 0.05) is 12.8 Å². The second-order valence-electron chi connectivity index (χ2n) is 9.28. The zero-order valence-corrected chi connectivity index (χ0v) is 21.3. The molecule has 9 heteroatoms. The summed E-state index contributed by atoms with van der Waals surface area (Å²) in [6, 6.07) is 7.78. The molecule has 3 N–H and O–H groups in total. The number of amides is 2. The van der Waals surface area contributed by atoms with E-state index in [9.17, 15) is 24.3 Å². The molecule has 202 valence electrons. The van der Waals surface area contributed by atoms with Crippen LogP contribution in [0.3, 0.4) is 0 Å². The maximum absolute atomic E-state index is 13.1. The van der Waals surface area contributed by atoms with Crippen LogP contribution in [0.1, 0.15) is 56.9 Å². The first kappa shape index (κ1) is 29.8. The number of carbonyl (C=O) groups is 4. The van der Waals surface area contributed by atoms with Crippen LogP contribution in [0.4, 0.5) is 0 Å². The molecule has 1 aliphatic carbocycles. The highest BCUT2D eigenvalue weighted by atomic mass is 16.6. The molecule has 0 heterocycles. The third-order valence-electron chi connectivity index (χ3n) is 6.31. The van der Waals surface area contributed by atoms with E-state index in [0.29, 0.717) is 19.3 Å². The van der Waals surface area contributed by atoms with Gasteiger partial charge in [-0.25, -0.2) is 4.79 Å². The van der Waals surface area contributed by atoms with Gasteiger partial charge in [0.1, 0.15) is 13.2 Å². The molecule has 0 bridgehead atoms. The van der Waals surface area contributed by atoms with Gasteiger partial charge in [0.15, 0.2) is 6.04 Å². The number of hydrogen-bond donors (Lipinski definition) is 3. The molecule has 1 aromatic rings. The van der Waals surface area contributed by atoms with Gasteiger partial charge in [-0.15, -0.1) is 13.2 Å². The molecule has 2 amide bonds. The van der Waals surface area contributed by atoms with Crippen molar-refractivity contribution in [2.45, 2.75) is 69.6 Å². The maximum atomic E-state index is 13.1. The van der Waals surface area contributed by atoms with Crippen LogP contribution in [-0.2, 0) is 35.3 Å². The Bertz CT molecular complexity index is 926.